The average Bonchev–Trinajstić information content (AvgIpc) is 3.48. The van der Waals surface area contributed by atoms with Crippen molar-refractivity contribution in [3.8, 4) is 5.75 Å². The molecule has 4 aliphatic heterocycles. The molecule has 2 saturated heterocycles. The Morgan fingerprint density at radius 2 is 1.81 bits per heavy atom. The number of nitrogens with one attached hydrogen (secondary N) is 2. The Balaban J connectivity index is 0.757. The summed E-state index contributed by atoms with van der Waals surface area (Å²) in [5.41, 5.74) is 2.82. The molecule has 2 aromatic carbocycles. The molecule has 0 radical (unpaired) electrons. The standard InChI is InChI=1S/C42H41N9O7/c52-37-11-10-35(40(54)46-37)51-41(55)30-9-6-27(17-31(30)42(51)56)48-15-12-29(22-48)58-28-7-4-24(5-8-28)20-49-21-26-16-34(36(18-33(26)47-49)57-23-25-2-3-25)45-39(53)32-19-44-50-14-1-13-43-38(32)50/h1,6,9,13-14,16-21,24-25,28-29,35H,2-5,7-8,10-12,15,22-23H2,(H-,45,46,52,53,54)/p+1/b49-20+/t24?,28?,29-,35?/m0/s1. The fraction of sp³-hybridized carbons (Fsp3) is 0.405. The van der Waals surface area contributed by atoms with Crippen molar-refractivity contribution in [2.45, 2.75) is 76.0 Å². The summed E-state index contributed by atoms with van der Waals surface area (Å²) in [6.45, 7) is 2.03. The fourth-order valence-electron chi connectivity index (χ4n) is 8.63. The minimum absolute atomic E-state index is 0.0441. The molecule has 4 fully saturated rings. The van der Waals surface area contributed by atoms with Crippen LogP contribution in [0.3, 0.4) is 0 Å². The lowest BCUT2D eigenvalue weighted by atomic mass is 9.88. The molecule has 0 bridgehead atoms. The number of amides is 5. The number of benzene rings is 2. The van der Waals surface area contributed by atoms with Crippen molar-refractivity contribution in [3.63, 3.8) is 0 Å². The van der Waals surface area contributed by atoms with Gasteiger partial charge < -0.3 is 19.7 Å². The van der Waals surface area contributed by atoms with Crippen LogP contribution in [0.2, 0.25) is 0 Å². The molecule has 5 amide bonds. The van der Waals surface area contributed by atoms with Crippen LogP contribution in [0.4, 0.5) is 11.4 Å². The highest BCUT2D eigenvalue weighted by Crippen LogP contribution is 2.34. The number of imide groups is 2. The van der Waals surface area contributed by atoms with E-state index in [1.165, 1.54) is 6.20 Å². The van der Waals surface area contributed by atoms with Crippen LogP contribution in [0.5, 0.6) is 5.75 Å². The molecule has 10 rings (SSSR count). The number of hydrogen-bond donors (Lipinski definition) is 2. The third kappa shape index (κ3) is 6.90. The zero-order valence-corrected chi connectivity index (χ0v) is 31.7. The van der Waals surface area contributed by atoms with E-state index in [4.69, 9.17) is 14.6 Å². The second-order valence-electron chi connectivity index (χ2n) is 16.0. The number of nitrogens with zero attached hydrogens (tertiary/aromatic N) is 7. The largest absolute Gasteiger partial charge is 0.491 e. The van der Waals surface area contributed by atoms with Crippen LogP contribution < -0.4 is 30.8 Å². The van der Waals surface area contributed by atoms with Crippen molar-refractivity contribution < 1.29 is 38.1 Å². The molecule has 6 aliphatic rings. The Morgan fingerprint density at radius 1 is 0.966 bits per heavy atom. The third-order valence-electron chi connectivity index (χ3n) is 12.0. The van der Waals surface area contributed by atoms with E-state index < -0.39 is 29.7 Å². The van der Waals surface area contributed by atoms with E-state index >= 15 is 0 Å². The van der Waals surface area contributed by atoms with Crippen molar-refractivity contribution in [1.82, 2.24) is 24.8 Å². The summed E-state index contributed by atoms with van der Waals surface area (Å²) in [7, 11) is 0. The van der Waals surface area contributed by atoms with Gasteiger partial charge in [-0.3, -0.25) is 34.2 Å². The Morgan fingerprint density at radius 3 is 2.64 bits per heavy atom. The van der Waals surface area contributed by atoms with Crippen LogP contribution >= 0.6 is 0 Å². The summed E-state index contributed by atoms with van der Waals surface area (Å²) >= 11 is 0. The molecule has 1 unspecified atom stereocenters. The van der Waals surface area contributed by atoms with E-state index in [0.717, 1.165) is 72.7 Å². The maximum Gasteiger partial charge on any atom is 0.262 e. The number of anilines is 2. The predicted molar refractivity (Wildman–Crippen MR) is 208 cm³/mol. The van der Waals surface area contributed by atoms with Crippen LogP contribution in [0.15, 0.2) is 60.1 Å². The summed E-state index contributed by atoms with van der Waals surface area (Å²) in [6, 6.07) is 9.83. The smallest absolute Gasteiger partial charge is 0.262 e. The zero-order chi connectivity index (χ0) is 39.5. The number of carbonyl (C=O) groups is 5. The number of ether oxygens (including phenoxy) is 2. The van der Waals surface area contributed by atoms with Crippen LogP contribution in [0.25, 0.3) is 11.8 Å². The number of aromatic nitrogens is 3. The first-order valence-electron chi connectivity index (χ1n) is 20.1. The molecule has 4 aromatic rings. The topological polar surface area (TPSA) is 180 Å². The van der Waals surface area contributed by atoms with E-state index in [2.05, 4.69) is 31.8 Å². The van der Waals surface area contributed by atoms with Gasteiger partial charge in [0.15, 0.2) is 11.9 Å². The summed E-state index contributed by atoms with van der Waals surface area (Å²) in [5.74, 6) is -0.896. The normalized spacial score (nSPS) is 24.8. The number of hydrogen-bond acceptors (Lipinski definition) is 11. The SMILES string of the molecule is O=C1CCC(N2C(=O)c3ccc(N4CC[C@H](OC5CCC(/C=[N+]6\C=c7cc(NC(=O)c8cnn9cccnc89)c(OCC8CC8)cc7=N6)CC5)C4)cc3C2=O)C(=O)N1. The Kier molecular flexibility index (Phi) is 9.07. The van der Waals surface area contributed by atoms with Crippen molar-refractivity contribution in [1.29, 1.82) is 0 Å². The predicted octanol–water partition coefficient (Wildman–Crippen LogP) is 2.40. The number of rotatable bonds is 10. The molecule has 2 atom stereocenters. The molecule has 16 nitrogen and oxygen atoms in total. The van der Waals surface area contributed by atoms with E-state index in [9.17, 15) is 24.0 Å². The lowest BCUT2D eigenvalue weighted by Gasteiger charge is -2.28. The van der Waals surface area contributed by atoms with Crippen LogP contribution in [-0.2, 0) is 14.3 Å². The van der Waals surface area contributed by atoms with Gasteiger partial charge in [-0.05, 0) is 87.6 Å². The van der Waals surface area contributed by atoms with Gasteiger partial charge in [0.05, 0.1) is 47.0 Å². The van der Waals surface area contributed by atoms with Crippen LogP contribution in [-0.4, -0.2) is 97.9 Å². The molecular formula is C42H42N9O7+. The maximum absolute atomic E-state index is 13.4. The van der Waals surface area contributed by atoms with Gasteiger partial charge in [0.1, 0.15) is 22.7 Å². The first-order valence-corrected chi connectivity index (χ1v) is 20.1. The molecule has 2 aliphatic carbocycles. The van der Waals surface area contributed by atoms with Crippen LogP contribution in [0.1, 0.15) is 88.9 Å². The molecule has 6 heterocycles. The minimum atomic E-state index is -0.988. The van der Waals surface area contributed by atoms with Gasteiger partial charge in [-0.1, -0.05) is 4.68 Å². The van der Waals surface area contributed by atoms with Gasteiger partial charge in [0.2, 0.25) is 18.0 Å². The monoisotopic (exact) mass is 784 g/mol. The number of piperidine rings is 1. The highest BCUT2D eigenvalue weighted by atomic mass is 16.5. The lowest BCUT2D eigenvalue weighted by Crippen LogP contribution is -2.54. The first kappa shape index (κ1) is 36.1. The van der Waals surface area contributed by atoms with Crippen molar-refractivity contribution in [2.75, 3.05) is 29.9 Å². The molecule has 0 spiro atoms. The highest BCUT2D eigenvalue weighted by Gasteiger charge is 2.45. The molecule has 296 valence electrons. The van der Waals surface area contributed by atoms with Gasteiger partial charge in [0, 0.05) is 54.7 Å². The number of carbonyl (C=O) groups excluding carboxylic acids is 5. The minimum Gasteiger partial charge on any atom is -0.491 e. The first-order chi connectivity index (χ1) is 28.2. The van der Waals surface area contributed by atoms with E-state index in [-0.39, 0.29) is 42.1 Å². The number of fused-ring (bicyclic) bond motifs is 3. The van der Waals surface area contributed by atoms with Crippen molar-refractivity contribution in [2.24, 2.45) is 16.9 Å². The third-order valence-corrected chi connectivity index (χ3v) is 12.0. The van der Waals surface area contributed by atoms with E-state index in [1.54, 1.807) is 35.1 Å². The van der Waals surface area contributed by atoms with Gasteiger partial charge in [-0.2, -0.15) is 5.10 Å². The summed E-state index contributed by atoms with van der Waals surface area (Å²) < 4.78 is 16.3. The molecule has 2 aromatic heterocycles. The van der Waals surface area contributed by atoms with Crippen LogP contribution in [0, 0.1) is 11.8 Å². The Labute approximate surface area is 332 Å². The molecule has 2 N–H and O–H groups in total. The van der Waals surface area contributed by atoms with Gasteiger partial charge in [-0.25, -0.2) is 9.50 Å². The molecule has 16 heteroatoms. The van der Waals surface area contributed by atoms with E-state index in [1.807, 2.05) is 29.1 Å². The molecule has 2 saturated carbocycles. The van der Waals surface area contributed by atoms with Gasteiger partial charge in [-0.15, -0.1) is 0 Å². The lowest BCUT2D eigenvalue weighted by molar-refractivity contribution is -0.424. The van der Waals surface area contributed by atoms with Gasteiger partial charge in [0.25, 0.3) is 17.7 Å². The summed E-state index contributed by atoms with van der Waals surface area (Å²) in [5, 5.41) is 16.1. The molecular weight excluding hydrogens is 743 g/mol. The van der Waals surface area contributed by atoms with Gasteiger partial charge >= 0.3 is 0 Å². The second kappa shape index (κ2) is 14.6. The highest BCUT2D eigenvalue weighted by molar-refractivity contribution is 6.23. The second-order valence-corrected chi connectivity index (χ2v) is 16.0. The Bertz CT molecular complexity index is 2560. The fourth-order valence-corrected chi connectivity index (χ4v) is 8.63. The quantitative estimate of drug-likeness (QED) is 0.179. The van der Waals surface area contributed by atoms with E-state index in [0.29, 0.717) is 47.6 Å². The van der Waals surface area contributed by atoms with Crippen molar-refractivity contribution >= 4 is 59.0 Å². The molecule has 58 heavy (non-hydrogen) atoms. The Hall–Kier alpha value is -6.29. The van der Waals surface area contributed by atoms with Crippen molar-refractivity contribution in [3.05, 3.63) is 82.3 Å². The zero-order valence-electron chi connectivity index (χ0n) is 31.7. The summed E-state index contributed by atoms with van der Waals surface area (Å²) in [6.07, 6.45) is 16.4. The summed E-state index contributed by atoms with van der Waals surface area (Å²) in [4.78, 5) is 71.5. The average molecular weight is 785 g/mol. The maximum atomic E-state index is 13.4.